The third-order valence-corrected chi connectivity index (χ3v) is 2.42. The zero-order valence-electron chi connectivity index (χ0n) is 4.27. The highest BCUT2D eigenvalue weighted by atomic mass is 127. The first kappa shape index (κ1) is 6.81. The predicted octanol–water partition coefficient (Wildman–Crippen LogP) is 3.03. The SMILES string of the molecule is BrC1C=CC=C(I)C1. The van der Waals surface area contributed by atoms with Gasteiger partial charge in [-0.05, 0) is 32.6 Å². The van der Waals surface area contributed by atoms with Crippen molar-refractivity contribution in [1.82, 2.24) is 0 Å². The van der Waals surface area contributed by atoms with Gasteiger partial charge < -0.3 is 0 Å². The Morgan fingerprint density at radius 3 is 2.88 bits per heavy atom. The van der Waals surface area contributed by atoms with Gasteiger partial charge in [0, 0.05) is 4.83 Å². The van der Waals surface area contributed by atoms with E-state index in [9.17, 15) is 0 Å². The summed E-state index contributed by atoms with van der Waals surface area (Å²) in [7, 11) is 0. The van der Waals surface area contributed by atoms with Crippen molar-refractivity contribution in [3.8, 4) is 0 Å². The normalized spacial score (nSPS) is 27.8. The lowest BCUT2D eigenvalue weighted by Gasteiger charge is -2.05. The van der Waals surface area contributed by atoms with Crippen molar-refractivity contribution in [3.63, 3.8) is 0 Å². The quantitative estimate of drug-likeness (QED) is 0.474. The molecule has 0 saturated heterocycles. The molecule has 0 aliphatic heterocycles. The summed E-state index contributed by atoms with van der Waals surface area (Å²) in [6, 6.07) is 0. The summed E-state index contributed by atoms with van der Waals surface area (Å²) < 4.78 is 1.42. The first-order valence-electron chi connectivity index (χ1n) is 2.46. The van der Waals surface area contributed by atoms with Crippen molar-refractivity contribution in [2.75, 3.05) is 0 Å². The molecule has 1 aliphatic rings. The molecule has 0 saturated carbocycles. The van der Waals surface area contributed by atoms with Crippen molar-refractivity contribution < 1.29 is 0 Å². The molecule has 0 aromatic heterocycles. The molecule has 8 heavy (non-hydrogen) atoms. The van der Waals surface area contributed by atoms with E-state index in [4.69, 9.17) is 0 Å². The van der Waals surface area contributed by atoms with E-state index in [0.29, 0.717) is 4.83 Å². The van der Waals surface area contributed by atoms with Crippen LogP contribution in [-0.2, 0) is 0 Å². The number of hydrogen-bond acceptors (Lipinski definition) is 0. The van der Waals surface area contributed by atoms with E-state index >= 15 is 0 Å². The lowest BCUT2D eigenvalue weighted by atomic mass is 10.2. The molecule has 0 radical (unpaired) electrons. The Bertz CT molecular complexity index is 137. The number of rotatable bonds is 0. The maximum absolute atomic E-state index is 3.50. The molecule has 1 unspecified atom stereocenters. The Morgan fingerprint density at radius 2 is 2.50 bits per heavy atom. The van der Waals surface area contributed by atoms with E-state index in [1.807, 2.05) is 0 Å². The smallest absolute Gasteiger partial charge is 0.0373 e. The largest absolute Gasteiger partial charge is 0.0841 e. The second-order valence-corrected chi connectivity index (χ2v) is 4.28. The number of alkyl halides is 1. The highest BCUT2D eigenvalue weighted by Gasteiger charge is 2.03. The minimum absolute atomic E-state index is 0.569. The zero-order valence-corrected chi connectivity index (χ0v) is 8.02. The van der Waals surface area contributed by atoms with E-state index in [1.165, 1.54) is 3.58 Å². The molecule has 1 rings (SSSR count). The first-order valence-corrected chi connectivity index (χ1v) is 4.45. The summed E-state index contributed by atoms with van der Waals surface area (Å²) in [6.45, 7) is 0. The Morgan fingerprint density at radius 1 is 1.75 bits per heavy atom. The summed E-state index contributed by atoms with van der Waals surface area (Å²) in [5, 5.41) is 0. The van der Waals surface area contributed by atoms with Crippen LogP contribution in [0.5, 0.6) is 0 Å². The predicted molar refractivity (Wildman–Crippen MR) is 48.6 cm³/mol. The van der Waals surface area contributed by atoms with Gasteiger partial charge in [0.15, 0.2) is 0 Å². The summed E-state index contributed by atoms with van der Waals surface area (Å²) >= 11 is 5.85. The monoisotopic (exact) mass is 284 g/mol. The van der Waals surface area contributed by atoms with Gasteiger partial charge in [-0.25, -0.2) is 0 Å². The maximum Gasteiger partial charge on any atom is 0.0373 e. The standard InChI is InChI=1S/C6H6BrI/c7-5-2-1-3-6(8)4-5/h1-3,5H,4H2. The number of halogens is 2. The van der Waals surface area contributed by atoms with E-state index < -0.39 is 0 Å². The van der Waals surface area contributed by atoms with Crippen LogP contribution in [0.3, 0.4) is 0 Å². The van der Waals surface area contributed by atoms with Crippen LogP contribution in [0.15, 0.2) is 21.8 Å². The van der Waals surface area contributed by atoms with Crippen LogP contribution in [0.1, 0.15) is 6.42 Å². The molecule has 0 aromatic carbocycles. The van der Waals surface area contributed by atoms with Crippen LogP contribution in [0.4, 0.5) is 0 Å². The molecule has 44 valence electrons. The molecule has 0 spiro atoms. The Kier molecular flexibility index (Phi) is 2.56. The number of allylic oxidation sites excluding steroid dienone is 4. The fourth-order valence-corrected chi connectivity index (χ4v) is 2.42. The molecule has 0 nitrogen and oxygen atoms in total. The molecule has 0 aromatic rings. The molecule has 0 heterocycles. The van der Waals surface area contributed by atoms with Crippen molar-refractivity contribution in [2.45, 2.75) is 11.2 Å². The molecule has 2 heteroatoms. The summed E-state index contributed by atoms with van der Waals surface area (Å²) in [5.41, 5.74) is 0. The van der Waals surface area contributed by atoms with Gasteiger partial charge in [0.1, 0.15) is 0 Å². The van der Waals surface area contributed by atoms with Gasteiger partial charge in [-0.2, -0.15) is 0 Å². The van der Waals surface area contributed by atoms with Crippen LogP contribution in [0, 0.1) is 0 Å². The molecule has 0 N–H and O–H groups in total. The minimum atomic E-state index is 0.569. The highest BCUT2D eigenvalue weighted by molar-refractivity contribution is 14.1. The van der Waals surface area contributed by atoms with E-state index in [-0.39, 0.29) is 0 Å². The van der Waals surface area contributed by atoms with Crippen LogP contribution >= 0.6 is 38.5 Å². The highest BCUT2D eigenvalue weighted by Crippen LogP contribution is 2.22. The van der Waals surface area contributed by atoms with Crippen molar-refractivity contribution in [1.29, 1.82) is 0 Å². The third-order valence-electron chi connectivity index (χ3n) is 0.987. The molecular formula is C6H6BrI. The Balaban J connectivity index is 2.59. The van der Waals surface area contributed by atoms with Crippen LogP contribution in [0.2, 0.25) is 0 Å². The van der Waals surface area contributed by atoms with Crippen molar-refractivity contribution >= 4 is 38.5 Å². The zero-order chi connectivity index (χ0) is 5.98. The molecule has 0 bridgehead atoms. The van der Waals surface area contributed by atoms with E-state index in [1.54, 1.807) is 0 Å². The fraction of sp³-hybridized carbons (Fsp3) is 0.333. The van der Waals surface area contributed by atoms with Gasteiger partial charge in [0.2, 0.25) is 0 Å². The minimum Gasteiger partial charge on any atom is -0.0841 e. The van der Waals surface area contributed by atoms with Gasteiger partial charge in [0.05, 0.1) is 0 Å². The third kappa shape index (κ3) is 1.90. The molecule has 1 atom stereocenters. The van der Waals surface area contributed by atoms with Crippen molar-refractivity contribution in [2.24, 2.45) is 0 Å². The molecule has 0 amide bonds. The lowest BCUT2D eigenvalue weighted by molar-refractivity contribution is 1.07. The summed E-state index contributed by atoms with van der Waals surface area (Å²) in [6.07, 6.45) is 7.53. The van der Waals surface area contributed by atoms with Crippen LogP contribution < -0.4 is 0 Å². The summed E-state index contributed by atoms with van der Waals surface area (Å²) in [5.74, 6) is 0. The average Bonchev–Trinajstić information content (AvgIpc) is 1.64. The lowest BCUT2D eigenvalue weighted by Crippen LogP contribution is -1.94. The topological polar surface area (TPSA) is 0 Å². The molecular weight excluding hydrogens is 279 g/mol. The fourth-order valence-electron chi connectivity index (χ4n) is 0.603. The Labute approximate surface area is 71.3 Å². The van der Waals surface area contributed by atoms with Gasteiger partial charge in [-0.15, -0.1) is 0 Å². The second-order valence-electron chi connectivity index (χ2n) is 1.72. The van der Waals surface area contributed by atoms with Gasteiger partial charge in [-0.1, -0.05) is 34.2 Å². The van der Waals surface area contributed by atoms with Gasteiger partial charge in [0.25, 0.3) is 0 Å². The average molecular weight is 285 g/mol. The van der Waals surface area contributed by atoms with Crippen molar-refractivity contribution in [3.05, 3.63) is 21.8 Å². The van der Waals surface area contributed by atoms with E-state index in [2.05, 4.69) is 56.7 Å². The summed E-state index contributed by atoms with van der Waals surface area (Å²) in [4.78, 5) is 0.569. The van der Waals surface area contributed by atoms with E-state index in [0.717, 1.165) is 6.42 Å². The molecule has 1 aliphatic carbocycles. The Hall–Kier alpha value is 0.690. The first-order chi connectivity index (χ1) is 3.79. The van der Waals surface area contributed by atoms with Gasteiger partial charge >= 0.3 is 0 Å². The van der Waals surface area contributed by atoms with Crippen LogP contribution in [-0.4, -0.2) is 4.83 Å². The van der Waals surface area contributed by atoms with Crippen LogP contribution in [0.25, 0.3) is 0 Å². The second kappa shape index (κ2) is 3.01. The maximum atomic E-state index is 3.50. The molecule has 0 fully saturated rings. The van der Waals surface area contributed by atoms with Gasteiger partial charge in [-0.3, -0.25) is 0 Å². The number of hydrogen-bond donors (Lipinski definition) is 0.